The van der Waals surface area contributed by atoms with Crippen LogP contribution in [0.5, 0.6) is 0 Å². The first-order valence-corrected chi connectivity index (χ1v) is 6.97. The van der Waals surface area contributed by atoms with Crippen LogP contribution in [0.4, 0.5) is 0 Å². The molecule has 0 N–H and O–H groups in total. The Morgan fingerprint density at radius 2 is 1.86 bits per heavy atom. The molecule has 5 nitrogen and oxygen atoms in total. The summed E-state index contributed by atoms with van der Waals surface area (Å²) >= 11 is 5.90. The third kappa shape index (κ3) is 2.23. The minimum atomic E-state index is -0.202. The van der Waals surface area contributed by atoms with E-state index in [4.69, 9.17) is 16.1 Å². The number of nitrogens with zero attached hydrogens (tertiary/aromatic N) is 3. The third-order valence-corrected chi connectivity index (χ3v) is 3.84. The summed E-state index contributed by atoms with van der Waals surface area (Å²) in [4.78, 5) is 12.6. The highest BCUT2D eigenvalue weighted by Crippen LogP contribution is 2.21. The summed E-state index contributed by atoms with van der Waals surface area (Å²) in [5, 5.41) is 9.36. The lowest BCUT2D eigenvalue weighted by molar-refractivity contribution is 0.444. The van der Waals surface area contributed by atoms with Crippen LogP contribution in [0.1, 0.15) is 29.9 Å². The SMILES string of the molecule is Cc1nn([C@@H](C)c2ccc(Cl)cc2)c(=O)c2c(C)noc12. The second kappa shape index (κ2) is 5.00. The van der Waals surface area contributed by atoms with E-state index in [1.165, 1.54) is 4.68 Å². The average molecular weight is 304 g/mol. The molecule has 1 aromatic carbocycles. The summed E-state index contributed by atoms with van der Waals surface area (Å²) < 4.78 is 6.64. The van der Waals surface area contributed by atoms with Gasteiger partial charge in [0, 0.05) is 5.02 Å². The summed E-state index contributed by atoms with van der Waals surface area (Å²) in [7, 11) is 0. The molecule has 2 heterocycles. The molecule has 0 aliphatic carbocycles. The van der Waals surface area contributed by atoms with Gasteiger partial charge in [-0.3, -0.25) is 4.79 Å². The molecule has 0 aliphatic rings. The largest absolute Gasteiger partial charge is 0.354 e. The van der Waals surface area contributed by atoms with E-state index >= 15 is 0 Å². The van der Waals surface area contributed by atoms with Crippen molar-refractivity contribution in [2.24, 2.45) is 0 Å². The van der Waals surface area contributed by atoms with Crippen molar-refractivity contribution >= 4 is 22.6 Å². The summed E-state index contributed by atoms with van der Waals surface area (Å²) in [6, 6.07) is 7.18. The Hall–Kier alpha value is -2.14. The molecule has 3 aromatic rings. The quantitative estimate of drug-likeness (QED) is 0.729. The molecule has 0 saturated carbocycles. The third-order valence-electron chi connectivity index (χ3n) is 3.59. The predicted molar refractivity (Wildman–Crippen MR) is 80.8 cm³/mol. The molecule has 21 heavy (non-hydrogen) atoms. The first-order chi connectivity index (χ1) is 9.99. The van der Waals surface area contributed by atoms with E-state index in [2.05, 4.69) is 10.3 Å². The number of hydrogen-bond acceptors (Lipinski definition) is 4. The topological polar surface area (TPSA) is 60.9 Å². The average Bonchev–Trinajstić information content (AvgIpc) is 2.86. The van der Waals surface area contributed by atoms with Gasteiger partial charge in [-0.25, -0.2) is 4.68 Å². The Morgan fingerprint density at radius 3 is 2.52 bits per heavy atom. The van der Waals surface area contributed by atoms with Gasteiger partial charge in [-0.2, -0.15) is 5.10 Å². The maximum atomic E-state index is 12.6. The number of rotatable bonds is 2. The lowest BCUT2D eigenvalue weighted by Crippen LogP contribution is -2.27. The van der Waals surface area contributed by atoms with E-state index in [9.17, 15) is 4.79 Å². The van der Waals surface area contributed by atoms with Crippen molar-refractivity contribution in [1.82, 2.24) is 14.9 Å². The lowest BCUT2D eigenvalue weighted by atomic mass is 10.1. The van der Waals surface area contributed by atoms with E-state index in [1.807, 2.05) is 19.1 Å². The van der Waals surface area contributed by atoms with Gasteiger partial charge in [0.25, 0.3) is 5.56 Å². The first kappa shape index (κ1) is 13.8. The number of hydrogen-bond donors (Lipinski definition) is 0. The number of halogens is 1. The molecule has 0 amide bonds. The number of fused-ring (bicyclic) bond motifs is 1. The van der Waals surface area contributed by atoms with Crippen LogP contribution in [0.25, 0.3) is 11.0 Å². The Kier molecular flexibility index (Phi) is 3.29. The van der Waals surface area contributed by atoms with Gasteiger partial charge in [-0.1, -0.05) is 28.9 Å². The van der Waals surface area contributed by atoms with E-state index < -0.39 is 0 Å². The monoisotopic (exact) mass is 303 g/mol. The van der Waals surface area contributed by atoms with Crippen molar-refractivity contribution in [2.45, 2.75) is 26.8 Å². The molecule has 0 fully saturated rings. The maximum absolute atomic E-state index is 12.6. The van der Waals surface area contributed by atoms with E-state index in [0.29, 0.717) is 27.4 Å². The number of aromatic nitrogens is 3. The van der Waals surface area contributed by atoms with Crippen LogP contribution < -0.4 is 5.56 Å². The number of benzene rings is 1. The van der Waals surface area contributed by atoms with Crippen LogP contribution in [-0.4, -0.2) is 14.9 Å². The fraction of sp³-hybridized carbons (Fsp3) is 0.267. The van der Waals surface area contributed by atoms with E-state index in [0.717, 1.165) is 5.56 Å². The van der Waals surface area contributed by atoms with Crippen molar-refractivity contribution < 1.29 is 4.52 Å². The van der Waals surface area contributed by atoms with Crippen LogP contribution in [0, 0.1) is 13.8 Å². The summed E-state index contributed by atoms with van der Waals surface area (Å²) in [6.07, 6.45) is 0. The number of aryl methyl sites for hydroxylation is 2. The minimum Gasteiger partial charge on any atom is -0.354 e. The fourth-order valence-corrected chi connectivity index (χ4v) is 2.51. The van der Waals surface area contributed by atoms with Gasteiger partial charge in [0.2, 0.25) is 0 Å². The summed E-state index contributed by atoms with van der Waals surface area (Å²) in [5.41, 5.74) is 2.44. The Labute approximate surface area is 126 Å². The molecule has 0 bridgehead atoms. The van der Waals surface area contributed by atoms with Crippen molar-refractivity contribution in [3.8, 4) is 0 Å². The van der Waals surface area contributed by atoms with Crippen molar-refractivity contribution in [1.29, 1.82) is 0 Å². The molecule has 0 unspecified atom stereocenters. The molecule has 0 radical (unpaired) electrons. The van der Waals surface area contributed by atoms with Crippen molar-refractivity contribution in [3.63, 3.8) is 0 Å². The molecule has 3 rings (SSSR count). The molecule has 0 aliphatic heterocycles. The zero-order chi connectivity index (χ0) is 15.1. The van der Waals surface area contributed by atoms with Crippen LogP contribution in [0.3, 0.4) is 0 Å². The zero-order valence-corrected chi connectivity index (χ0v) is 12.7. The molecular formula is C15H14ClN3O2. The molecular weight excluding hydrogens is 290 g/mol. The Morgan fingerprint density at radius 1 is 1.19 bits per heavy atom. The molecule has 6 heteroatoms. The van der Waals surface area contributed by atoms with Crippen molar-refractivity contribution in [2.75, 3.05) is 0 Å². The highest BCUT2D eigenvalue weighted by molar-refractivity contribution is 6.30. The highest BCUT2D eigenvalue weighted by atomic mass is 35.5. The minimum absolute atomic E-state index is 0.197. The van der Waals surface area contributed by atoms with Gasteiger partial charge >= 0.3 is 0 Å². The van der Waals surface area contributed by atoms with Gasteiger partial charge < -0.3 is 4.52 Å². The molecule has 1 atom stereocenters. The van der Waals surface area contributed by atoms with E-state index in [1.54, 1.807) is 26.0 Å². The van der Waals surface area contributed by atoms with Crippen LogP contribution in [0.2, 0.25) is 5.02 Å². The van der Waals surface area contributed by atoms with Gasteiger partial charge in [0.05, 0.1) is 11.7 Å². The highest BCUT2D eigenvalue weighted by Gasteiger charge is 2.19. The van der Waals surface area contributed by atoms with Gasteiger partial charge in [-0.05, 0) is 38.5 Å². The Balaban J connectivity index is 2.20. The van der Waals surface area contributed by atoms with Crippen LogP contribution in [0.15, 0.2) is 33.6 Å². The fourth-order valence-electron chi connectivity index (χ4n) is 2.38. The van der Waals surface area contributed by atoms with Crippen molar-refractivity contribution in [3.05, 3.63) is 56.6 Å². The van der Waals surface area contributed by atoms with Gasteiger partial charge in [0.15, 0.2) is 5.58 Å². The van der Waals surface area contributed by atoms with E-state index in [-0.39, 0.29) is 11.6 Å². The summed E-state index contributed by atoms with van der Waals surface area (Å²) in [5.74, 6) is 0. The van der Waals surface area contributed by atoms with Crippen LogP contribution in [-0.2, 0) is 0 Å². The zero-order valence-electron chi connectivity index (χ0n) is 11.9. The smallest absolute Gasteiger partial charge is 0.280 e. The molecule has 2 aromatic heterocycles. The summed E-state index contributed by atoms with van der Waals surface area (Å²) in [6.45, 7) is 5.48. The molecule has 0 spiro atoms. The second-order valence-corrected chi connectivity index (χ2v) is 5.47. The Bertz CT molecular complexity index is 865. The standard InChI is InChI=1S/C15H14ClN3O2/c1-8-13-14(21-18-8)9(2)17-19(15(13)20)10(3)11-4-6-12(16)7-5-11/h4-7,10H,1-3H3/t10-/m0/s1. The maximum Gasteiger partial charge on any atom is 0.280 e. The predicted octanol–water partition coefficient (Wildman–Crippen LogP) is 3.26. The first-order valence-electron chi connectivity index (χ1n) is 6.60. The second-order valence-electron chi connectivity index (χ2n) is 5.03. The van der Waals surface area contributed by atoms with Gasteiger partial charge in [0.1, 0.15) is 11.1 Å². The normalized spacial score (nSPS) is 12.8. The molecule has 108 valence electrons. The van der Waals surface area contributed by atoms with Crippen LogP contribution >= 0.6 is 11.6 Å². The molecule has 0 saturated heterocycles. The lowest BCUT2D eigenvalue weighted by Gasteiger charge is -2.15. The van der Waals surface area contributed by atoms with Gasteiger partial charge in [-0.15, -0.1) is 0 Å².